The van der Waals surface area contributed by atoms with Crippen molar-refractivity contribution in [2.24, 2.45) is 0 Å². The van der Waals surface area contributed by atoms with Gasteiger partial charge in [0, 0.05) is 30.7 Å². The largest absolute Gasteiger partial charge is 0.319 e. The van der Waals surface area contributed by atoms with Crippen molar-refractivity contribution in [3.8, 4) is 0 Å². The molecule has 0 amide bonds. The molecule has 0 aromatic heterocycles. The zero-order valence-electron chi connectivity index (χ0n) is 12.1. The first-order chi connectivity index (χ1) is 10.7. The third-order valence-electron chi connectivity index (χ3n) is 3.86. The molecule has 2 aliphatic rings. The Morgan fingerprint density at radius 1 is 1.09 bits per heavy atom. The quantitative estimate of drug-likeness (QED) is 0.472. The van der Waals surface area contributed by atoms with Crippen molar-refractivity contribution in [1.82, 2.24) is 0 Å². The van der Waals surface area contributed by atoms with E-state index in [1.54, 1.807) is 17.0 Å². The molecule has 8 heteroatoms. The Kier molecular flexibility index (Phi) is 4.53. The van der Waals surface area contributed by atoms with Crippen molar-refractivity contribution in [3.05, 3.63) is 34.4 Å². The fraction of sp³-hybridized carbons (Fsp3) is 0.571. The molecule has 1 aromatic carbocycles. The predicted octanol–water partition coefficient (Wildman–Crippen LogP) is 2.89. The summed E-state index contributed by atoms with van der Waals surface area (Å²) >= 11 is 0. The number of hydrogen-bond acceptors (Lipinski definition) is 7. The van der Waals surface area contributed by atoms with Gasteiger partial charge in [-0.15, -0.1) is 0 Å². The van der Waals surface area contributed by atoms with Crippen LogP contribution in [0.25, 0.3) is 0 Å². The average molecular weight is 310 g/mol. The van der Waals surface area contributed by atoms with E-state index in [1.807, 2.05) is 0 Å². The summed E-state index contributed by atoms with van der Waals surface area (Å²) < 4.78 is 0. The van der Waals surface area contributed by atoms with Crippen LogP contribution >= 0.6 is 0 Å². The summed E-state index contributed by atoms with van der Waals surface area (Å²) in [4.78, 5) is 33.4. The van der Waals surface area contributed by atoms with Crippen LogP contribution in [0.2, 0.25) is 0 Å². The van der Waals surface area contributed by atoms with Gasteiger partial charge in [0.05, 0.1) is 4.92 Å². The highest BCUT2D eigenvalue weighted by atomic mass is 17.3. The molecule has 8 nitrogen and oxygen atoms in total. The predicted molar refractivity (Wildman–Crippen MR) is 75.5 cm³/mol. The number of rotatable bonds is 2. The molecule has 1 spiro atoms. The van der Waals surface area contributed by atoms with E-state index in [0.29, 0.717) is 5.69 Å². The normalized spacial score (nSPS) is 22.1. The summed E-state index contributed by atoms with van der Waals surface area (Å²) in [5.41, 5.74) is 0.603. The number of nitro groups is 1. The van der Waals surface area contributed by atoms with Crippen molar-refractivity contribution >= 4 is 11.4 Å². The van der Waals surface area contributed by atoms with Gasteiger partial charge in [-0.25, -0.2) is 9.78 Å². The Morgan fingerprint density at radius 2 is 1.77 bits per heavy atom. The molecule has 1 heterocycles. The van der Waals surface area contributed by atoms with E-state index >= 15 is 0 Å². The van der Waals surface area contributed by atoms with Crippen LogP contribution in [-0.2, 0) is 19.6 Å². The summed E-state index contributed by atoms with van der Waals surface area (Å²) in [5, 5.41) is 10.8. The highest BCUT2D eigenvalue weighted by molar-refractivity contribution is 5.52. The molecule has 1 aliphatic heterocycles. The minimum Gasteiger partial charge on any atom is -0.319 e. The first kappa shape index (κ1) is 15.2. The van der Waals surface area contributed by atoms with Crippen LogP contribution in [0.15, 0.2) is 24.3 Å². The molecule has 0 radical (unpaired) electrons. The summed E-state index contributed by atoms with van der Waals surface area (Å²) in [5.74, 6) is -0.826. The van der Waals surface area contributed by atoms with Gasteiger partial charge in [0.15, 0.2) is 13.5 Å². The summed E-state index contributed by atoms with van der Waals surface area (Å²) in [6.45, 7) is 0.207. The van der Waals surface area contributed by atoms with Crippen molar-refractivity contribution in [2.75, 3.05) is 18.4 Å². The summed E-state index contributed by atoms with van der Waals surface area (Å²) in [6.07, 6.45) is 4.60. The Hall–Kier alpha value is -1.74. The molecule has 0 bridgehead atoms. The highest BCUT2D eigenvalue weighted by Crippen LogP contribution is 2.34. The van der Waals surface area contributed by atoms with Gasteiger partial charge in [0.2, 0.25) is 5.79 Å². The van der Waals surface area contributed by atoms with Gasteiger partial charge in [-0.3, -0.25) is 10.1 Å². The van der Waals surface area contributed by atoms with Gasteiger partial charge in [-0.05, 0) is 18.9 Å². The molecule has 1 aliphatic carbocycles. The number of nitro benzene ring substituents is 1. The van der Waals surface area contributed by atoms with Crippen LogP contribution < -0.4 is 4.90 Å². The van der Waals surface area contributed by atoms with E-state index in [0.717, 1.165) is 32.1 Å². The highest BCUT2D eigenvalue weighted by Gasteiger charge is 2.38. The standard InChI is InChI=1S/C14H18N2O6/c17-16(18)13-6-4-5-12(9-13)15-10-19-21-14(22-20-11-15)7-2-1-3-8-14/h4-6,9H,1-3,7-8,10-11H2. The summed E-state index contributed by atoms with van der Waals surface area (Å²) in [7, 11) is 0. The topological polar surface area (TPSA) is 83.3 Å². The lowest BCUT2D eigenvalue weighted by Crippen LogP contribution is -2.44. The molecule has 2 fully saturated rings. The number of hydrogen-bond donors (Lipinski definition) is 0. The smallest absolute Gasteiger partial charge is 0.271 e. The maximum absolute atomic E-state index is 10.8. The lowest BCUT2D eigenvalue weighted by Gasteiger charge is -2.37. The third-order valence-corrected chi connectivity index (χ3v) is 3.86. The van der Waals surface area contributed by atoms with Gasteiger partial charge in [-0.1, -0.05) is 12.5 Å². The molecule has 1 aromatic rings. The fourth-order valence-corrected chi connectivity index (χ4v) is 2.66. The SMILES string of the molecule is O=[N+]([O-])c1cccc(N2COOC3(CCCCC3)OOC2)c1. The second-order valence-electron chi connectivity index (χ2n) is 5.45. The molecule has 0 atom stereocenters. The van der Waals surface area contributed by atoms with E-state index in [4.69, 9.17) is 19.6 Å². The first-order valence-electron chi connectivity index (χ1n) is 7.29. The van der Waals surface area contributed by atoms with Crippen LogP contribution in [0.3, 0.4) is 0 Å². The lowest BCUT2D eigenvalue weighted by atomic mass is 9.94. The zero-order valence-corrected chi connectivity index (χ0v) is 12.1. The van der Waals surface area contributed by atoms with E-state index in [9.17, 15) is 10.1 Å². The molecule has 1 saturated carbocycles. The average Bonchev–Trinajstić information content (AvgIpc) is 2.52. The molecular weight excluding hydrogens is 292 g/mol. The molecule has 120 valence electrons. The second kappa shape index (κ2) is 6.57. The van der Waals surface area contributed by atoms with Crippen LogP contribution in [0.4, 0.5) is 11.4 Å². The maximum atomic E-state index is 10.8. The molecule has 22 heavy (non-hydrogen) atoms. The van der Waals surface area contributed by atoms with E-state index in [-0.39, 0.29) is 19.1 Å². The van der Waals surface area contributed by atoms with Gasteiger partial charge in [0.25, 0.3) is 5.69 Å². The zero-order chi connectivity index (χ0) is 15.4. The number of benzene rings is 1. The van der Waals surface area contributed by atoms with Gasteiger partial charge in [0.1, 0.15) is 0 Å². The van der Waals surface area contributed by atoms with Crippen molar-refractivity contribution in [3.63, 3.8) is 0 Å². The maximum Gasteiger partial charge on any atom is 0.271 e. The third kappa shape index (κ3) is 3.36. The van der Waals surface area contributed by atoms with Crippen LogP contribution in [0.1, 0.15) is 32.1 Å². The first-order valence-corrected chi connectivity index (χ1v) is 7.29. The second-order valence-corrected chi connectivity index (χ2v) is 5.45. The van der Waals surface area contributed by atoms with Gasteiger partial charge < -0.3 is 4.90 Å². The van der Waals surface area contributed by atoms with E-state index < -0.39 is 10.7 Å². The fourth-order valence-electron chi connectivity index (χ4n) is 2.66. The van der Waals surface area contributed by atoms with Crippen molar-refractivity contribution in [1.29, 1.82) is 0 Å². The van der Waals surface area contributed by atoms with Crippen LogP contribution in [0, 0.1) is 10.1 Å². The van der Waals surface area contributed by atoms with Crippen molar-refractivity contribution in [2.45, 2.75) is 37.9 Å². The van der Waals surface area contributed by atoms with E-state index in [2.05, 4.69) is 0 Å². The number of nitrogens with zero attached hydrogens (tertiary/aromatic N) is 2. The summed E-state index contributed by atoms with van der Waals surface area (Å²) in [6, 6.07) is 6.22. The minimum atomic E-state index is -0.826. The Bertz CT molecular complexity index is 520. The molecule has 0 unspecified atom stereocenters. The lowest BCUT2D eigenvalue weighted by molar-refractivity contribution is -0.527. The molecule has 1 saturated heterocycles. The van der Waals surface area contributed by atoms with Gasteiger partial charge in [-0.2, -0.15) is 9.78 Å². The monoisotopic (exact) mass is 310 g/mol. The Balaban J connectivity index is 1.66. The van der Waals surface area contributed by atoms with E-state index in [1.165, 1.54) is 12.1 Å². The minimum absolute atomic E-state index is 0.00477. The molecule has 0 N–H and O–H groups in total. The molecular formula is C14H18N2O6. The van der Waals surface area contributed by atoms with Crippen LogP contribution in [-0.4, -0.2) is 24.2 Å². The van der Waals surface area contributed by atoms with Gasteiger partial charge >= 0.3 is 0 Å². The Labute approximate surface area is 127 Å². The number of anilines is 1. The number of non-ortho nitro benzene ring substituents is 1. The van der Waals surface area contributed by atoms with Crippen molar-refractivity contribution < 1.29 is 24.5 Å². The Morgan fingerprint density at radius 3 is 2.41 bits per heavy atom. The molecule has 3 rings (SSSR count). The van der Waals surface area contributed by atoms with Crippen LogP contribution in [0.5, 0.6) is 0 Å².